The summed E-state index contributed by atoms with van der Waals surface area (Å²) in [7, 11) is -0.196. The second-order valence-corrected chi connectivity index (χ2v) is 13.6. The van der Waals surface area contributed by atoms with E-state index in [1.54, 1.807) is 6.92 Å². The van der Waals surface area contributed by atoms with Gasteiger partial charge in [0.15, 0.2) is 0 Å². The number of esters is 1. The van der Waals surface area contributed by atoms with E-state index in [-0.39, 0.29) is 29.9 Å². The molecule has 1 atom stereocenters. The molecule has 0 radical (unpaired) electrons. The molecular formula is C21H30N2O4Si. The van der Waals surface area contributed by atoms with Crippen LogP contribution in [0.3, 0.4) is 0 Å². The van der Waals surface area contributed by atoms with Crippen LogP contribution in [0, 0.1) is 0 Å². The third-order valence-corrected chi connectivity index (χ3v) is 10.3. The third kappa shape index (κ3) is 3.32. The lowest BCUT2D eigenvalue weighted by Gasteiger charge is -2.36. The van der Waals surface area contributed by atoms with Crippen molar-refractivity contribution in [2.24, 2.45) is 7.05 Å². The maximum absolute atomic E-state index is 12.7. The molecule has 1 unspecified atom stereocenters. The number of anilines is 1. The van der Waals surface area contributed by atoms with Gasteiger partial charge in [0.1, 0.15) is 11.6 Å². The lowest BCUT2D eigenvalue weighted by atomic mass is 9.91. The zero-order valence-corrected chi connectivity index (χ0v) is 18.8. The van der Waals surface area contributed by atoms with Crippen LogP contribution in [0.15, 0.2) is 18.2 Å². The van der Waals surface area contributed by atoms with Gasteiger partial charge in [0.2, 0.25) is 5.91 Å². The van der Waals surface area contributed by atoms with Gasteiger partial charge in [0, 0.05) is 24.4 Å². The van der Waals surface area contributed by atoms with Gasteiger partial charge in [0.05, 0.1) is 18.0 Å². The van der Waals surface area contributed by atoms with Gasteiger partial charge in [-0.3, -0.25) is 9.59 Å². The SMILES string of the molecule is CCOC(=O)C1CC(=O)Nc2c1c1c(O[Si](C)(C)C(C)(C)C)cccc1n2C. The lowest BCUT2D eigenvalue weighted by molar-refractivity contribution is -0.146. The number of hydrogen-bond acceptors (Lipinski definition) is 4. The molecule has 0 aliphatic carbocycles. The monoisotopic (exact) mass is 402 g/mol. The highest BCUT2D eigenvalue weighted by molar-refractivity contribution is 6.74. The van der Waals surface area contributed by atoms with Crippen LogP contribution in [-0.4, -0.2) is 31.4 Å². The molecule has 1 N–H and O–H groups in total. The number of benzene rings is 1. The molecule has 7 heteroatoms. The Morgan fingerprint density at radius 2 is 2.00 bits per heavy atom. The molecule has 1 aliphatic heterocycles. The summed E-state index contributed by atoms with van der Waals surface area (Å²) in [5.74, 6) is 0.245. The number of aromatic nitrogens is 1. The van der Waals surface area contributed by atoms with Crippen LogP contribution in [0.5, 0.6) is 5.75 Å². The summed E-state index contributed by atoms with van der Waals surface area (Å²) in [6, 6.07) is 5.90. The average Bonchev–Trinajstić information content (AvgIpc) is 2.87. The maximum atomic E-state index is 12.7. The Labute approximate surface area is 167 Å². The van der Waals surface area contributed by atoms with Crippen molar-refractivity contribution in [3.8, 4) is 5.75 Å². The number of carbonyl (C=O) groups is 2. The molecule has 1 aromatic heterocycles. The molecule has 0 fully saturated rings. The fourth-order valence-electron chi connectivity index (χ4n) is 3.41. The fraction of sp³-hybridized carbons (Fsp3) is 0.524. The van der Waals surface area contributed by atoms with Gasteiger partial charge in [-0.1, -0.05) is 26.8 Å². The number of aryl methyl sites for hydroxylation is 1. The first kappa shape index (κ1) is 20.5. The standard InChI is InChI=1S/C21H30N2O4Si/c1-8-26-20(25)13-12-16(24)22-19-17(13)18-14(23(19)5)10-9-11-15(18)27-28(6,7)21(2,3)4/h9-11,13H,8,12H2,1-7H3,(H,22,24). The van der Waals surface area contributed by atoms with Crippen molar-refractivity contribution in [2.45, 2.75) is 58.2 Å². The zero-order valence-electron chi connectivity index (χ0n) is 17.8. The predicted octanol–water partition coefficient (Wildman–Crippen LogP) is 4.55. The zero-order chi connectivity index (χ0) is 20.9. The van der Waals surface area contributed by atoms with Crippen molar-refractivity contribution >= 4 is 36.9 Å². The number of amides is 1. The quantitative estimate of drug-likeness (QED) is 0.602. The van der Waals surface area contributed by atoms with E-state index in [0.29, 0.717) is 5.82 Å². The van der Waals surface area contributed by atoms with Crippen molar-refractivity contribution in [1.82, 2.24) is 4.57 Å². The highest BCUT2D eigenvalue weighted by atomic mass is 28.4. The van der Waals surface area contributed by atoms with E-state index in [0.717, 1.165) is 22.2 Å². The Balaban J connectivity index is 2.23. The Bertz CT molecular complexity index is 940. The lowest BCUT2D eigenvalue weighted by Crippen LogP contribution is -2.43. The summed E-state index contributed by atoms with van der Waals surface area (Å²) in [4.78, 5) is 24.9. The largest absolute Gasteiger partial charge is 0.543 e. The number of hydrogen-bond donors (Lipinski definition) is 1. The smallest absolute Gasteiger partial charge is 0.314 e. The number of fused-ring (bicyclic) bond motifs is 3. The first-order valence-electron chi connectivity index (χ1n) is 9.74. The topological polar surface area (TPSA) is 69.6 Å². The van der Waals surface area contributed by atoms with Gasteiger partial charge in [0.25, 0.3) is 8.32 Å². The minimum atomic E-state index is -2.09. The van der Waals surface area contributed by atoms with E-state index in [1.165, 1.54) is 0 Å². The van der Waals surface area contributed by atoms with E-state index < -0.39 is 14.2 Å². The van der Waals surface area contributed by atoms with Gasteiger partial charge in [-0.25, -0.2) is 0 Å². The van der Waals surface area contributed by atoms with E-state index >= 15 is 0 Å². The first-order valence-corrected chi connectivity index (χ1v) is 12.7. The van der Waals surface area contributed by atoms with Gasteiger partial charge in [-0.05, 0) is 37.2 Å². The van der Waals surface area contributed by atoms with Gasteiger partial charge in [-0.15, -0.1) is 0 Å². The summed E-state index contributed by atoms with van der Waals surface area (Å²) >= 11 is 0. The van der Waals surface area contributed by atoms with Crippen LogP contribution in [0.4, 0.5) is 5.82 Å². The summed E-state index contributed by atoms with van der Waals surface area (Å²) in [6.45, 7) is 13.0. The summed E-state index contributed by atoms with van der Waals surface area (Å²) in [6.07, 6.45) is 0.0827. The summed E-state index contributed by atoms with van der Waals surface area (Å²) in [5, 5.41) is 3.87. The van der Waals surface area contributed by atoms with E-state index in [1.807, 2.05) is 29.8 Å². The Morgan fingerprint density at radius 1 is 1.32 bits per heavy atom. The number of rotatable bonds is 4. The molecule has 1 amide bonds. The van der Waals surface area contributed by atoms with Gasteiger partial charge >= 0.3 is 5.97 Å². The molecule has 0 saturated heterocycles. The molecule has 0 saturated carbocycles. The molecule has 0 bridgehead atoms. The normalized spacial score (nSPS) is 17.2. The van der Waals surface area contributed by atoms with Crippen LogP contribution in [0.2, 0.25) is 18.1 Å². The summed E-state index contributed by atoms with van der Waals surface area (Å²) < 4.78 is 13.8. The van der Waals surface area contributed by atoms with Crippen molar-refractivity contribution in [3.63, 3.8) is 0 Å². The Hall–Kier alpha value is -2.28. The van der Waals surface area contributed by atoms with Crippen LogP contribution >= 0.6 is 0 Å². The molecule has 1 aromatic carbocycles. The number of carbonyl (C=O) groups excluding carboxylic acids is 2. The van der Waals surface area contributed by atoms with E-state index in [9.17, 15) is 9.59 Å². The van der Waals surface area contributed by atoms with E-state index in [2.05, 4.69) is 39.2 Å². The molecule has 1 aliphatic rings. The highest BCUT2D eigenvalue weighted by Gasteiger charge is 2.41. The average molecular weight is 403 g/mol. The highest BCUT2D eigenvalue weighted by Crippen LogP contribution is 2.46. The Kier molecular flexibility index (Phi) is 5.08. The van der Waals surface area contributed by atoms with Crippen LogP contribution in [0.1, 0.15) is 45.6 Å². The van der Waals surface area contributed by atoms with Crippen LogP contribution in [0.25, 0.3) is 10.9 Å². The third-order valence-electron chi connectivity index (χ3n) is 5.96. The van der Waals surface area contributed by atoms with Crippen molar-refractivity contribution in [1.29, 1.82) is 0 Å². The number of nitrogens with one attached hydrogen (secondary N) is 1. The molecule has 3 rings (SSSR count). The number of ether oxygens (including phenoxy) is 1. The Morgan fingerprint density at radius 3 is 2.61 bits per heavy atom. The molecule has 2 aromatic rings. The second kappa shape index (κ2) is 6.95. The molecule has 6 nitrogen and oxygen atoms in total. The van der Waals surface area contributed by atoms with Crippen molar-refractivity contribution < 1.29 is 18.8 Å². The van der Waals surface area contributed by atoms with Crippen molar-refractivity contribution in [2.75, 3.05) is 11.9 Å². The first-order chi connectivity index (χ1) is 13.0. The van der Waals surface area contributed by atoms with Gasteiger partial charge < -0.3 is 19.0 Å². The molecule has 0 spiro atoms. The van der Waals surface area contributed by atoms with Crippen molar-refractivity contribution in [3.05, 3.63) is 23.8 Å². The molecule has 2 heterocycles. The fourth-order valence-corrected chi connectivity index (χ4v) is 4.43. The number of nitrogens with zero attached hydrogens (tertiary/aromatic N) is 1. The second-order valence-electron chi connectivity index (χ2n) is 8.89. The van der Waals surface area contributed by atoms with E-state index in [4.69, 9.17) is 9.16 Å². The van der Waals surface area contributed by atoms with Crippen LogP contribution < -0.4 is 9.74 Å². The maximum Gasteiger partial charge on any atom is 0.314 e. The van der Waals surface area contributed by atoms with Crippen LogP contribution in [-0.2, 0) is 21.4 Å². The van der Waals surface area contributed by atoms with Gasteiger partial charge in [-0.2, -0.15) is 0 Å². The molecular weight excluding hydrogens is 372 g/mol. The predicted molar refractivity (Wildman–Crippen MR) is 113 cm³/mol. The summed E-state index contributed by atoms with van der Waals surface area (Å²) in [5.41, 5.74) is 1.72. The molecule has 152 valence electrons. The minimum absolute atomic E-state index is 0.0404. The minimum Gasteiger partial charge on any atom is -0.543 e. The molecule has 28 heavy (non-hydrogen) atoms.